The van der Waals surface area contributed by atoms with E-state index in [0.717, 1.165) is 41.5 Å². The Kier molecular flexibility index (Phi) is 7.06. The first-order valence-electron chi connectivity index (χ1n) is 11.1. The van der Waals surface area contributed by atoms with Crippen molar-refractivity contribution in [1.29, 1.82) is 0 Å². The van der Waals surface area contributed by atoms with Crippen molar-refractivity contribution >= 4 is 34.5 Å². The van der Waals surface area contributed by atoms with Gasteiger partial charge in [-0.1, -0.05) is 55.9 Å². The number of hydrogen-bond acceptors (Lipinski definition) is 6. The van der Waals surface area contributed by atoms with E-state index < -0.39 is 0 Å². The summed E-state index contributed by atoms with van der Waals surface area (Å²) in [5.41, 5.74) is 2.02. The van der Waals surface area contributed by atoms with Crippen molar-refractivity contribution in [2.45, 2.75) is 56.5 Å². The van der Waals surface area contributed by atoms with Crippen LogP contribution in [0.3, 0.4) is 0 Å². The van der Waals surface area contributed by atoms with Gasteiger partial charge in [0.15, 0.2) is 10.8 Å². The summed E-state index contributed by atoms with van der Waals surface area (Å²) in [6, 6.07) is 10.1. The predicted octanol–water partition coefficient (Wildman–Crippen LogP) is 3.68. The highest BCUT2D eigenvalue weighted by Gasteiger charge is 2.21. The molecule has 0 aliphatic carbocycles. The fourth-order valence-electron chi connectivity index (χ4n) is 3.81. The molecule has 0 spiro atoms. The Balaban J connectivity index is 1.42. The van der Waals surface area contributed by atoms with Gasteiger partial charge in [0.2, 0.25) is 5.91 Å². The third-order valence-corrected chi connectivity index (χ3v) is 6.20. The minimum Gasteiger partial charge on any atom is -0.356 e. The molecule has 1 aliphatic heterocycles. The lowest BCUT2D eigenvalue weighted by atomic mass is 10.1. The highest BCUT2D eigenvalue weighted by atomic mass is 32.2. The maximum Gasteiger partial charge on any atom is 0.220 e. The van der Waals surface area contributed by atoms with Gasteiger partial charge in [0, 0.05) is 31.3 Å². The Morgan fingerprint density at radius 3 is 2.68 bits per heavy atom. The molecule has 1 fully saturated rings. The Hall–Kier alpha value is -2.61. The minimum atomic E-state index is 0.0590. The number of carbonyl (C=O) groups is 1. The molecule has 0 bridgehead atoms. The summed E-state index contributed by atoms with van der Waals surface area (Å²) >= 11 is 1.67. The van der Waals surface area contributed by atoms with Gasteiger partial charge in [0.05, 0.1) is 18.1 Å². The summed E-state index contributed by atoms with van der Waals surface area (Å²) in [5, 5.41) is 9.77. The molecule has 31 heavy (non-hydrogen) atoms. The third kappa shape index (κ3) is 5.55. The number of nitrogens with zero attached hydrogens (tertiary/aromatic N) is 5. The molecular formula is C23H30N6OS. The zero-order chi connectivity index (χ0) is 21.6. The fourth-order valence-corrected chi connectivity index (χ4v) is 4.51. The zero-order valence-corrected chi connectivity index (χ0v) is 19.1. The molecule has 164 valence electrons. The molecule has 1 N–H and O–H groups in total. The fraction of sp³-hybridized carbons (Fsp3) is 0.478. The lowest BCUT2D eigenvalue weighted by molar-refractivity contribution is -0.121. The molecule has 8 heteroatoms. The second-order valence-electron chi connectivity index (χ2n) is 8.13. The standard InChI is InChI=1S/C23H30N6OS/c1-17(2)31-23-26-21(28-13-6-7-14-28)19-16-25-29(22(19)27-23)15-12-24-20(30)11-10-18-8-4-3-5-9-18/h3-5,8-9,16-17H,6-7,10-15H2,1-2H3,(H,24,30). The van der Waals surface area contributed by atoms with Crippen LogP contribution >= 0.6 is 11.8 Å². The summed E-state index contributed by atoms with van der Waals surface area (Å²) in [7, 11) is 0. The van der Waals surface area contributed by atoms with Crippen molar-refractivity contribution in [3.63, 3.8) is 0 Å². The van der Waals surface area contributed by atoms with Crippen LogP contribution in [0.1, 0.15) is 38.7 Å². The van der Waals surface area contributed by atoms with Gasteiger partial charge in [-0.05, 0) is 24.8 Å². The van der Waals surface area contributed by atoms with Crippen LogP contribution in [0.5, 0.6) is 0 Å². The van der Waals surface area contributed by atoms with Crippen LogP contribution in [0.25, 0.3) is 11.0 Å². The number of nitrogens with one attached hydrogen (secondary N) is 1. The number of fused-ring (bicyclic) bond motifs is 1. The predicted molar refractivity (Wildman–Crippen MR) is 126 cm³/mol. The van der Waals surface area contributed by atoms with Crippen LogP contribution in [-0.4, -0.2) is 50.5 Å². The van der Waals surface area contributed by atoms with Gasteiger partial charge in [-0.3, -0.25) is 4.79 Å². The van der Waals surface area contributed by atoms with Crippen molar-refractivity contribution in [3.8, 4) is 0 Å². The Bertz CT molecular complexity index is 1010. The number of hydrogen-bond donors (Lipinski definition) is 1. The van der Waals surface area contributed by atoms with Gasteiger partial charge in [-0.15, -0.1) is 0 Å². The highest BCUT2D eigenvalue weighted by Crippen LogP contribution is 2.30. The molecule has 0 saturated carbocycles. The summed E-state index contributed by atoms with van der Waals surface area (Å²) in [6.07, 6.45) is 5.49. The molecular weight excluding hydrogens is 408 g/mol. The van der Waals surface area contributed by atoms with Gasteiger partial charge in [0.1, 0.15) is 5.82 Å². The van der Waals surface area contributed by atoms with E-state index in [9.17, 15) is 4.79 Å². The summed E-state index contributed by atoms with van der Waals surface area (Å²) in [5.74, 6) is 1.05. The maximum absolute atomic E-state index is 12.2. The first-order chi connectivity index (χ1) is 15.1. The molecule has 2 aromatic heterocycles. The molecule has 7 nitrogen and oxygen atoms in total. The van der Waals surface area contributed by atoms with E-state index in [1.807, 2.05) is 41.2 Å². The molecule has 3 heterocycles. The van der Waals surface area contributed by atoms with E-state index in [1.54, 1.807) is 11.8 Å². The van der Waals surface area contributed by atoms with Crippen LogP contribution in [0, 0.1) is 0 Å². The quantitative estimate of drug-likeness (QED) is 0.406. The number of rotatable bonds is 9. The van der Waals surface area contributed by atoms with Crippen molar-refractivity contribution in [3.05, 3.63) is 42.1 Å². The molecule has 0 radical (unpaired) electrons. The zero-order valence-electron chi connectivity index (χ0n) is 18.3. The lowest BCUT2D eigenvalue weighted by Gasteiger charge is -2.18. The highest BCUT2D eigenvalue weighted by molar-refractivity contribution is 7.99. The van der Waals surface area contributed by atoms with Crippen molar-refractivity contribution in [2.75, 3.05) is 24.5 Å². The van der Waals surface area contributed by atoms with E-state index in [1.165, 1.54) is 18.4 Å². The molecule has 0 unspecified atom stereocenters. The van der Waals surface area contributed by atoms with Crippen LogP contribution in [0.4, 0.5) is 5.82 Å². The Morgan fingerprint density at radius 1 is 1.16 bits per heavy atom. The topological polar surface area (TPSA) is 75.9 Å². The van der Waals surface area contributed by atoms with Crippen LogP contribution in [0.2, 0.25) is 0 Å². The minimum absolute atomic E-state index is 0.0590. The van der Waals surface area contributed by atoms with E-state index >= 15 is 0 Å². The largest absolute Gasteiger partial charge is 0.356 e. The number of carbonyl (C=O) groups excluding carboxylic acids is 1. The summed E-state index contributed by atoms with van der Waals surface area (Å²) in [4.78, 5) is 24.2. The maximum atomic E-state index is 12.2. The smallest absolute Gasteiger partial charge is 0.220 e. The van der Waals surface area contributed by atoms with Gasteiger partial charge < -0.3 is 10.2 Å². The number of anilines is 1. The van der Waals surface area contributed by atoms with Gasteiger partial charge >= 0.3 is 0 Å². The van der Waals surface area contributed by atoms with Crippen molar-refractivity contribution in [2.24, 2.45) is 0 Å². The lowest BCUT2D eigenvalue weighted by Crippen LogP contribution is -2.27. The van der Waals surface area contributed by atoms with E-state index in [2.05, 4.69) is 29.2 Å². The van der Waals surface area contributed by atoms with E-state index in [4.69, 9.17) is 9.97 Å². The number of benzene rings is 1. The second kappa shape index (κ2) is 10.1. The molecule has 1 amide bonds. The first kappa shape index (κ1) is 21.6. The Morgan fingerprint density at radius 2 is 1.94 bits per heavy atom. The van der Waals surface area contributed by atoms with Crippen LogP contribution < -0.4 is 10.2 Å². The van der Waals surface area contributed by atoms with Gasteiger partial charge in [0.25, 0.3) is 0 Å². The average molecular weight is 439 g/mol. The normalized spacial score (nSPS) is 14.0. The summed E-state index contributed by atoms with van der Waals surface area (Å²) in [6.45, 7) is 7.47. The number of amides is 1. The van der Waals surface area contributed by atoms with Crippen molar-refractivity contribution in [1.82, 2.24) is 25.1 Å². The molecule has 1 aromatic carbocycles. The Labute approximate surface area is 187 Å². The van der Waals surface area contributed by atoms with Crippen LogP contribution in [-0.2, 0) is 17.8 Å². The van der Waals surface area contributed by atoms with Gasteiger partial charge in [-0.25, -0.2) is 14.6 Å². The van der Waals surface area contributed by atoms with Crippen molar-refractivity contribution < 1.29 is 4.79 Å². The van der Waals surface area contributed by atoms with E-state index in [0.29, 0.717) is 24.8 Å². The first-order valence-corrected chi connectivity index (χ1v) is 11.9. The molecule has 1 saturated heterocycles. The second-order valence-corrected chi connectivity index (χ2v) is 9.67. The SMILES string of the molecule is CC(C)Sc1nc(N2CCCC2)c2cnn(CCNC(=O)CCc3ccccc3)c2n1. The third-order valence-electron chi connectivity index (χ3n) is 5.33. The number of aryl methyl sites for hydroxylation is 1. The molecule has 4 rings (SSSR count). The number of thioether (sulfide) groups is 1. The number of aromatic nitrogens is 4. The van der Waals surface area contributed by atoms with E-state index in [-0.39, 0.29) is 5.91 Å². The molecule has 1 aliphatic rings. The molecule has 0 atom stereocenters. The summed E-state index contributed by atoms with van der Waals surface area (Å²) < 4.78 is 1.89. The van der Waals surface area contributed by atoms with Gasteiger partial charge in [-0.2, -0.15) is 5.10 Å². The monoisotopic (exact) mass is 438 g/mol. The molecule has 3 aromatic rings. The van der Waals surface area contributed by atoms with Crippen LogP contribution in [0.15, 0.2) is 41.7 Å². The average Bonchev–Trinajstić information content (AvgIpc) is 3.43.